The van der Waals surface area contributed by atoms with Gasteiger partial charge >= 0.3 is 6.03 Å². The summed E-state index contributed by atoms with van der Waals surface area (Å²) in [6.07, 6.45) is 1.66. The zero-order chi connectivity index (χ0) is 23.8. The molecule has 170 valence electrons. The van der Waals surface area contributed by atoms with Gasteiger partial charge < -0.3 is 10.6 Å². The second-order valence-corrected chi connectivity index (χ2v) is 8.07. The van der Waals surface area contributed by atoms with Crippen molar-refractivity contribution in [3.63, 3.8) is 0 Å². The summed E-state index contributed by atoms with van der Waals surface area (Å²) in [4.78, 5) is 29.3. The van der Waals surface area contributed by atoms with Gasteiger partial charge in [0.15, 0.2) is 0 Å². The number of aromatic nitrogens is 2. The highest BCUT2D eigenvalue weighted by molar-refractivity contribution is 6.13. The molecule has 0 fully saturated rings. The SMILES string of the molecule is CC1=NC(=O)NC(c2ccc(-c3ccc(F)cc3F)cc2)C1C(=O)Nc1ccc2[nH]ncc2c1. The number of nitrogens with one attached hydrogen (secondary N) is 3. The Labute approximate surface area is 192 Å². The number of amides is 3. The second kappa shape index (κ2) is 8.51. The van der Waals surface area contributed by atoms with Crippen LogP contribution >= 0.6 is 0 Å². The van der Waals surface area contributed by atoms with E-state index in [1.807, 2.05) is 6.07 Å². The normalized spacial score (nSPS) is 17.9. The Morgan fingerprint density at radius 1 is 1.03 bits per heavy atom. The number of benzene rings is 3. The van der Waals surface area contributed by atoms with Gasteiger partial charge in [-0.15, -0.1) is 0 Å². The average Bonchev–Trinajstić information content (AvgIpc) is 3.26. The first-order valence-electron chi connectivity index (χ1n) is 10.5. The van der Waals surface area contributed by atoms with E-state index in [1.54, 1.807) is 49.5 Å². The van der Waals surface area contributed by atoms with Crippen LogP contribution in [0.3, 0.4) is 0 Å². The van der Waals surface area contributed by atoms with Gasteiger partial charge in [0.2, 0.25) is 5.91 Å². The van der Waals surface area contributed by atoms with Crippen LogP contribution in [0.4, 0.5) is 19.3 Å². The van der Waals surface area contributed by atoms with Gasteiger partial charge in [-0.25, -0.2) is 18.6 Å². The van der Waals surface area contributed by atoms with Crippen molar-refractivity contribution < 1.29 is 18.4 Å². The highest BCUT2D eigenvalue weighted by atomic mass is 19.1. The number of urea groups is 1. The number of hydrogen-bond donors (Lipinski definition) is 3. The quantitative estimate of drug-likeness (QED) is 0.401. The highest BCUT2D eigenvalue weighted by Crippen LogP contribution is 2.31. The number of aromatic amines is 1. The minimum atomic E-state index is -0.758. The van der Waals surface area contributed by atoms with Crippen LogP contribution in [-0.2, 0) is 4.79 Å². The van der Waals surface area contributed by atoms with Gasteiger partial charge in [-0.1, -0.05) is 24.3 Å². The van der Waals surface area contributed by atoms with Crippen molar-refractivity contribution in [2.75, 3.05) is 5.32 Å². The lowest BCUT2D eigenvalue weighted by molar-refractivity contribution is -0.118. The van der Waals surface area contributed by atoms with Crippen molar-refractivity contribution in [1.29, 1.82) is 0 Å². The van der Waals surface area contributed by atoms with Crippen molar-refractivity contribution in [2.24, 2.45) is 10.9 Å². The van der Waals surface area contributed by atoms with Crippen LogP contribution in [0.15, 0.2) is 71.9 Å². The van der Waals surface area contributed by atoms with E-state index < -0.39 is 29.6 Å². The first kappa shape index (κ1) is 21.4. The van der Waals surface area contributed by atoms with E-state index in [2.05, 4.69) is 25.8 Å². The molecule has 0 spiro atoms. The van der Waals surface area contributed by atoms with Crippen molar-refractivity contribution in [2.45, 2.75) is 13.0 Å². The number of carbonyl (C=O) groups is 2. The average molecular weight is 459 g/mol. The van der Waals surface area contributed by atoms with Crippen LogP contribution in [0.1, 0.15) is 18.5 Å². The first-order valence-corrected chi connectivity index (χ1v) is 10.5. The van der Waals surface area contributed by atoms with Gasteiger partial charge in [-0.2, -0.15) is 5.10 Å². The molecule has 7 nitrogen and oxygen atoms in total. The maximum absolute atomic E-state index is 14.2. The number of hydrogen-bond acceptors (Lipinski definition) is 3. The first-order chi connectivity index (χ1) is 16.4. The molecule has 3 N–H and O–H groups in total. The van der Waals surface area contributed by atoms with Crippen LogP contribution in [0.25, 0.3) is 22.0 Å². The Bertz CT molecular complexity index is 1450. The van der Waals surface area contributed by atoms with Crippen molar-refractivity contribution in [1.82, 2.24) is 15.5 Å². The molecule has 5 rings (SSSR count). The van der Waals surface area contributed by atoms with E-state index in [4.69, 9.17) is 0 Å². The molecular formula is C25H19F2N5O2. The molecule has 0 saturated carbocycles. The number of nitrogens with zero attached hydrogens (tertiary/aromatic N) is 2. The number of carbonyl (C=O) groups excluding carboxylic acids is 2. The van der Waals surface area contributed by atoms with Gasteiger partial charge in [0, 0.05) is 28.4 Å². The molecular weight excluding hydrogens is 440 g/mol. The smallest absolute Gasteiger partial charge is 0.328 e. The predicted molar refractivity (Wildman–Crippen MR) is 124 cm³/mol. The van der Waals surface area contributed by atoms with Crippen molar-refractivity contribution in [3.05, 3.63) is 84.1 Å². The molecule has 3 aromatic carbocycles. The van der Waals surface area contributed by atoms with Gasteiger partial charge in [0.1, 0.15) is 17.6 Å². The highest BCUT2D eigenvalue weighted by Gasteiger charge is 2.37. The Hall–Kier alpha value is -4.40. The standard InChI is InChI=1S/C25H19F2N5O2/c1-13-22(24(33)30-18-7-9-21-16(10-18)12-28-32-21)23(31-25(34)29-13)15-4-2-14(3-5-15)19-8-6-17(26)11-20(19)27/h2-12,22-23H,1H3,(H,28,32)(H,30,33)(H,31,34). The lowest BCUT2D eigenvalue weighted by Gasteiger charge is -2.30. The molecule has 1 aromatic heterocycles. The van der Waals surface area contributed by atoms with E-state index >= 15 is 0 Å². The molecule has 2 unspecified atom stereocenters. The molecule has 2 heterocycles. The van der Waals surface area contributed by atoms with Gasteiger partial charge in [0.05, 0.1) is 17.8 Å². The molecule has 1 aliphatic heterocycles. The third-order valence-electron chi connectivity index (χ3n) is 5.84. The maximum atomic E-state index is 14.2. The number of halogens is 2. The lowest BCUT2D eigenvalue weighted by atomic mass is 9.86. The van der Waals surface area contributed by atoms with Crippen LogP contribution in [0, 0.1) is 17.6 Å². The number of aliphatic imine (C=N–C) groups is 1. The minimum absolute atomic E-state index is 0.252. The maximum Gasteiger partial charge on any atom is 0.341 e. The van der Waals surface area contributed by atoms with Crippen molar-refractivity contribution in [3.8, 4) is 11.1 Å². The summed E-state index contributed by atoms with van der Waals surface area (Å²) in [5.41, 5.74) is 3.26. The molecule has 1 aliphatic rings. The number of H-pyrrole nitrogens is 1. The summed E-state index contributed by atoms with van der Waals surface area (Å²) in [7, 11) is 0. The summed E-state index contributed by atoms with van der Waals surface area (Å²) in [6, 6.07) is 14.3. The largest absolute Gasteiger partial charge is 0.341 e. The van der Waals surface area contributed by atoms with Crippen LogP contribution in [0.5, 0.6) is 0 Å². The third-order valence-corrected chi connectivity index (χ3v) is 5.84. The zero-order valence-corrected chi connectivity index (χ0v) is 18.0. The van der Waals surface area contributed by atoms with Gasteiger partial charge in [-0.3, -0.25) is 9.89 Å². The monoisotopic (exact) mass is 459 g/mol. The molecule has 0 bridgehead atoms. The Kier molecular flexibility index (Phi) is 5.37. The fraction of sp³-hybridized carbons (Fsp3) is 0.120. The van der Waals surface area contributed by atoms with Crippen LogP contribution in [0.2, 0.25) is 0 Å². The van der Waals surface area contributed by atoms with Gasteiger partial charge in [0.25, 0.3) is 0 Å². The van der Waals surface area contributed by atoms with Gasteiger partial charge in [-0.05, 0) is 48.4 Å². The summed E-state index contributed by atoms with van der Waals surface area (Å²) >= 11 is 0. The van der Waals surface area contributed by atoms with E-state index in [0.717, 1.165) is 17.0 Å². The Morgan fingerprint density at radius 2 is 1.82 bits per heavy atom. The second-order valence-electron chi connectivity index (χ2n) is 8.07. The molecule has 0 radical (unpaired) electrons. The fourth-order valence-electron chi connectivity index (χ4n) is 4.17. The van der Waals surface area contributed by atoms with E-state index in [1.165, 1.54) is 12.1 Å². The summed E-state index contributed by atoms with van der Waals surface area (Å²) in [5.74, 6) is -2.42. The minimum Gasteiger partial charge on any atom is -0.328 e. The summed E-state index contributed by atoms with van der Waals surface area (Å²) < 4.78 is 27.4. The molecule has 0 aliphatic carbocycles. The zero-order valence-electron chi connectivity index (χ0n) is 18.0. The van der Waals surface area contributed by atoms with Crippen LogP contribution in [-0.4, -0.2) is 27.8 Å². The number of rotatable bonds is 4. The summed E-state index contributed by atoms with van der Waals surface area (Å²) in [5, 5.41) is 13.3. The molecule has 0 saturated heterocycles. The summed E-state index contributed by atoms with van der Waals surface area (Å²) in [6.45, 7) is 1.64. The van der Waals surface area contributed by atoms with E-state index in [9.17, 15) is 18.4 Å². The third kappa shape index (κ3) is 4.03. The molecule has 2 atom stereocenters. The Balaban J connectivity index is 1.43. The fourth-order valence-corrected chi connectivity index (χ4v) is 4.17. The van der Waals surface area contributed by atoms with E-state index in [-0.39, 0.29) is 11.5 Å². The topological polar surface area (TPSA) is 99.2 Å². The van der Waals surface area contributed by atoms with E-state index in [0.29, 0.717) is 22.5 Å². The van der Waals surface area contributed by atoms with Crippen molar-refractivity contribution >= 4 is 34.2 Å². The molecule has 9 heteroatoms. The molecule has 3 amide bonds. The number of fused-ring (bicyclic) bond motifs is 1. The number of anilines is 1. The molecule has 4 aromatic rings. The lowest BCUT2D eigenvalue weighted by Crippen LogP contribution is -2.45. The Morgan fingerprint density at radius 3 is 2.59 bits per heavy atom. The predicted octanol–water partition coefficient (Wildman–Crippen LogP) is 4.99. The van der Waals surface area contributed by atoms with Crippen LogP contribution < -0.4 is 10.6 Å². The molecule has 34 heavy (non-hydrogen) atoms.